The van der Waals surface area contributed by atoms with Gasteiger partial charge in [-0.2, -0.15) is 0 Å². The third-order valence-corrected chi connectivity index (χ3v) is 5.96. The third-order valence-electron chi connectivity index (χ3n) is 3.62. The number of imidazole rings is 1. The van der Waals surface area contributed by atoms with Crippen LogP contribution in [0.2, 0.25) is 0 Å². The average molecular weight is 272 g/mol. The molecule has 1 fully saturated rings. The summed E-state index contributed by atoms with van der Waals surface area (Å²) in [6.45, 7) is 0. The summed E-state index contributed by atoms with van der Waals surface area (Å²) in [5.41, 5.74) is 2.66. The van der Waals surface area contributed by atoms with Crippen LogP contribution in [0.4, 0.5) is 0 Å². The van der Waals surface area contributed by atoms with Crippen LogP contribution in [0.3, 0.4) is 0 Å². The van der Waals surface area contributed by atoms with E-state index in [0.29, 0.717) is 12.8 Å². The summed E-state index contributed by atoms with van der Waals surface area (Å²) in [5, 5.41) is -0.395. The van der Waals surface area contributed by atoms with Gasteiger partial charge in [0.1, 0.15) is 5.82 Å². The molecule has 1 aromatic heterocycles. The summed E-state index contributed by atoms with van der Waals surface area (Å²) in [6.07, 6.45) is 6.48. The lowest BCUT2D eigenvalue weighted by atomic mass is 10.0. The quantitative estimate of drug-likeness (QED) is 0.583. The second kappa shape index (κ2) is 5.38. The van der Waals surface area contributed by atoms with Gasteiger partial charge in [-0.15, -0.1) is 0 Å². The monoisotopic (exact) mass is 272 g/mol. The van der Waals surface area contributed by atoms with Crippen molar-refractivity contribution in [2.24, 2.45) is 12.9 Å². The molecule has 0 radical (unpaired) electrons. The molecule has 1 aliphatic heterocycles. The predicted molar refractivity (Wildman–Crippen MR) is 69.4 cm³/mol. The predicted octanol–water partition coefficient (Wildman–Crippen LogP) is -0.238. The number of nitrogens with two attached hydrogens (primary N) is 1. The number of nitrogens with zero attached hydrogens (tertiary/aromatic N) is 2. The first-order valence-electron chi connectivity index (χ1n) is 6.18. The Morgan fingerprint density at radius 2 is 2.39 bits per heavy atom. The van der Waals surface area contributed by atoms with E-state index in [1.807, 2.05) is 17.8 Å². The maximum Gasteiger partial charge on any atom is 0.154 e. The zero-order valence-corrected chi connectivity index (χ0v) is 11.4. The van der Waals surface area contributed by atoms with E-state index >= 15 is 0 Å². The van der Waals surface area contributed by atoms with E-state index in [2.05, 4.69) is 10.4 Å². The molecule has 2 heterocycles. The fourth-order valence-electron chi connectivity index (χ4n) is 2.52. The highest BCUT2D eigenvalue weighted by molar-refractivity contribution is 7.92. The van der Waals surface area contributed by atoms with E-state index in [1.54, 1.807) is 6.20 Å². The number of rotatable bonds is 4. The average Bonchev–Trinajstić information content (AvgIpc) is 2.72. The minimum Gasteiger partial charge on any atom is -0.338 e. The van der Waals surface area contributed by atoms with Crippen molar-refractivity contribution >= 4 is 9.84 Å². The fraction of sp³-hybridized carbons (Fsp3) is 0.727. The van der Waals surface area contributed by atoms with Gasteiger partial charge in [0, 0.05) is 31.9 Å². The molecule has 1 aliphatic rings. The maximum atomic E-state index is 12.1. The molecule has 2 unspecified atom stereocenters. The van der Waals surface area contributed by atoms with Crippen molar-refractivity contribution in [3.63, 3.8) is 0 Å². The lowest BCUT2D eigenvalue weighted by Gasteiger charge is -2.29. The van der Waals surface area contributed by atoms with Crippen molar-refractivity contribution in [2.45, 2.75) is 37.0 Å². The van der Waals surface area contributed by atoms with Gasteiger partial charge < -0.3 is 4.57 Å². The Kier molecular flexibility index (Phi) is 4.04. The molecule has 7 heteroatoms. The van der Waals surface area contributed by atoms with E-state index in [-0.39, 0.29) is 11.8 Å². The van der Waals surface area contributed by atoms with Gasteiger partial charge in [-0.25, -0.2) is 13.4 Å². The van der Waals surface area contributed by atoms with Crippen molar-refractivity contribution in [1.29, 1.82) is 0 Å². The molecule has 1 aromatic rings. The van der Waals surface area contributed by atoms with Crippen LogP contribution >= 0.6 is 0 Å². The normalized spacial score (nSPS) is 24.9. The Balaban J connectivity index is 2.15. The first kappa shape index (κ1) is 13.5. The van der Waals surface area contributed by atoms with Crippen LogP contribution in [0, 0.1) is 0 Å². The molecule has 6 nitrogen and oxygen atoms in total. The van der Waals surface area contributed by atoms with Crippen LogP contribution in [0.25, 0.3) is 0 Å². The summed E-state index contributed by atoms with van der Waals surface area (Å²) in [6, 6.07) is -0.267. The molecular weight excluding hydrogens is 252 g/mol. The lowest BCUT2D eigenvalue weighted by molar-refractivity contribution is 0.432. The standard InChI is InChI=1S/C11H20N4O2S/c1-15-6-5-13-11(15)8-9(14-12)10-4-2-3-7-18(10,16)17/h5-6,9-10,14H,2-4,7-8,12H2,1H3. The lowest BCUT2D eigenvalue weighted by Crippen LogP contribution is -2.50. The molecule has 102 valence electrons. The van der Waals surface area contributed by atoms with Crippen LogP contribution in [0.1, 0.15) is 25.1 Å². The minimum atomic E-state index is -3.03. The number of aromatic nitrogens is 2. The summed E-state index contributed by atoms with van der Waals surface area (Å²) in [7, 11) is -1.14. The smallest absolute Gasteiger partial charge is 0.154 e. The van der Waals surface area contributed by atoms with Gasteiger partial charge in [0.05, 0.1) is 11.0 Å². The van der Waals surface area contributed by atoms with E-state index in [4.69, 9.17) is 5.84 Å². The molecule has 0 spiro atoms. The molecule has 2 atom stereocenters. The minimum absolute atomic E-state index is 0.267. The van der Waals surface area contributed by atoms with E-state index in [1.165, 1.54) is 0 Å². The van der Waals surface area contributed by atoms with Crippen LogP contribution in [-0.4, -0.2) is 35.0 Å². The SMILES string of the molecule is Cn1ccnc1CC(NN)C1CCCCS1(=O)=O. The first-order chi connectivity index (χ1) is 8.54. The highest BCUT2D eigenvalue weighted by Gasteiger charge is 2.35. The number of hydrazine groups is 1. The van der Waals surface area contributed by atoms with Crippen molar-refractivity contribution in [2.75, 3.05) is 5.75 Å². The number of nitrogens with one attached hydrogen (secondary N) is 1. The molecule has 3 N–H and O–H groups in total. The Hall–Kier alpha value is -0.920. The largest absolute Gasteiger partial charge is 0.338 e. The molecule has 1 saturated heterocycles. The van der Waals surface area contributed by atoms with Gasteiger partial charge in [0.2, 0.25) is 0 Å². The Morgan fingerprint density at radius 1 is 1.61 bits per heavy atom. The molecule has 18 heavy (non-hydrogen) atoms. The Labute approximate surface area is 107 Å². The molecule has 0 aromatic carbocycles. The topological polar surface area (TPSA) is 90.0 Å². The zero-order valence-electron chi connectivity index (χ0n) is 10.5. The fourth-order valence-corrected chi connectivity index (χ4v) is 4.63. The van der Waals surface area contributed by atoms with Crippen LogP contribution in [0.5, 0.6) is 0 Å². The van der Waals surface area contributed by atoms with Gasteiger partial charge in [0.15, 0.2) is 9.84 Å². The Bertz CT molecular complexity index is 497. The molecule has 0 amide bonds. The van der Waals surface area contributed by atoms with Gasteiger partial charge in [-0.3, -0.25) is 11.3 Å². The number of sulfone groups is 1. The molecular formula is C11H20N4O2S. The van der Waals surface area contributed by atoms with Crippen molar-refractivity contribution in [1.82, 2.24) is 15.0 Å². The second-order valence-corrected chi connectivity index (χ2v) is 7.17. The number of aryl methyl sites for hydroxylation is 1. The number of hydrogen-bond acceptors (Lipinski definition) is 5. The van der Waals surface area contributed by atoms with E-state index < -0.39 is 15.1 Å². The second-order valence-electron chi connectivity index (χ2n) is 4.83. The zero-order chi connectivity index (χ0) is 13.2. The summed E-state index contributed by atoms with van der Waals surface area (Å²) >= 11 is 0. The molecule has 0 saturated carbocycles. The van der Waals surface area contributed by atoms with Crippen LogP contribution in [0.15, 0.2) is 12.4 Å². The summed E-state index contributed by atoms with van der Waals surface area (Å²) in [5.74, 6) is 6.66. The van der Waals surface area contributed by atoms with Crippen LogP contribution < -0.4 is 11.3 Å². The highest BCUT2D eigenvalue weighted by atomic mass is 32.2. The van der Waals surface area contributed by atoms with E-state index in [0.717, 1.165) is 18.7 Å². The van der Waals surface area contributed by atoms with Gasteiger partial charge in [0.25, 0.3) is 0 Å². The summed E-state index contributed by atoms with van der Waals surface area (Å²) in [4.78, 5) is 4.22. The van der Waals surface area contributed by atoms with Gasteiger partial charge in [-0.05, 0) is 12.8 Å². The first-order valence-corrected chi connectivity index (χ1v) is 7.90. The van der Waals surface area contributed by atoms with E-state index in [9.17, 15) is 8.42 Å². The van der Waals surface area contributed by atoms with Crippen molar-refractivity contribution in [3.8, 4) is 0 Å². The van der Waals surface area contributed by atoms with Gasteiger partial charge in [-0.1, -0.05) is 6.42 Å². The third kappa shape index (κ3) is 2.73. The van der Waals surface area contributed by atoms with Crippen molar-refractivity contribution in [3.05, 3.63) is 18.2 Å². The molecule has 2 rings (SSSR count). The Morgan fingerprint density at radius 3 is 2.94 bits per heavy atom. The molecule has 0 aliphatic carbocycles. The molecule has 0 bridgehead atoms. The van der Waals surface area contributed by atoms with Gasteiger partial charge >= 0.3 is 0 Å². The number of hydrogen-bond donors (Lipinski definition) is 2. The highest BCUT2D eigenvalue weighted by Crippen LogP contribution is 2.23. The summed E-state index contributed by atoms with van der Waals surface area (Å²) < 4.78 is 26.0. The van der Waals surface area contributed by atoms with Crippen LogP contribution in [-0.2, 0) is 23.3 Å². The maximum absolute atomic E-state index is 12.1. The van der Waals surface area contributed by atoms with Crippen molar-refractivity contribution < 1.29 is 8.42 Å².